The highest BCUT2D eigenvalue weighted by Crippen LogP contribution is 2.26. The van der Waals surface area contributed by atoms with Crippen molar-refractivity contribution >= 4 is 17.1 Å². The Hall–Kier alpha value is -2.93. The summed E-state index contributed by atoms with van der Waals surface area (Å²) in [5, 5.41) is 4.77. The molecule has 26 heavy (non-hydrogen) atoms. The van der Waals surface area contributed by atoms with Gasteiger partial charge < -0.3 is 0 Å². The van der Waals surface area contributed by atoms with Gasteiger partial charge in [-0.05, 0) is 18.6 Å². The van der Waals surface area contributed by atoms with Crippen LogP contribution in [0.5, 0.6) is 0 Å². The highest BCUT2D eigenvalue weighted by atomic mass is 35.5. The van der Waals surface area contributed by atoms with Crippen LogP contribution < -0.4 is 0 Å². The number of aromatic nitrogens is 6. The van der Waals surface area contributed by atoms with Gasteiger partial charge in [0.1, 0.15) is 5.82 Å². The summed E-state index contributed by atoms with van der Waals surface area (Å²) in [6, 6.07) is 3.07. The highest BCUT2D eigenvalue weighted by Gasteiger charge is 2.16. The largest absolute Gasteiger partial charge is 0.261 e. The summed E-state index contributed by atoms with van der Waals surface area (Å²) in [7, 11) is 0. The lowest BCUT2D eigenvalue weighted by molar-refractivity contribution is 0.614. The Bertz CT molecular complexity index is 1060. The van der Waals surface area contributed by atoms with Crippen molar-refractivity contribution in [1.29, 1.82) is 0 Å². The molecule has 0 saturated heterocycles. The number of rotatable bonds is 4. The van der Waals surface area contributed by atoms with Crippen LogP contribution in [0, 0.1) is 5.82 Å². The van der Waals surface area contributed by atoms with E-state index in [9.17, 15) is 4.39 Å². The number of hydrogen-bond donors (Lipinski definition) is 0. The third kappa shape index (κ3) is 3.13. The second-order valence-electron chi connectivity index (χ2n) is 5.96. The van der Waals surface area contributed by atoms with Crippen molar-refractivity contribution in [3.63, 3.8) is 0 Å². The minimum Gasteiger partial charge on any atom is -0.261 e. The second kappa shape index (κ2) is 6.76. The van der Waals surface area contributed by atoms with Gasteiger partial charge in [0, 0.05) is 30.2 Å². The first-order chi connectivity index (χ1) is 12.6. The van der Waals surface area contributed by atoms with Crippen LogP contribution in [0.25, 0.3) is 16.9 Å². The van der Waals surface area contributed by atoms with E-state index in [0.29, 0.717) is 23.0 Å². The Labute approximate surface area is 153 Å². The van der Waals surface area contributed by atoms with E-state index < -0.39 is 0 Å². The lowest BCUT2D eigenvalue weighted by Crippen LogP contribution is -2.05. The molecule has 0 saturated carbocycles. The number of hydrogen-bond acceptors (Lipinski definition) is 5. The van der Waals surface area contributed by atoms with Crippen LogP contribution in [0.1, 0.15) is 24.2 Å². The molecule has 0 aromatic carbocycles. The summed E-state index contributed by atoms with van der Waals surface area (Å²) in [5.41, 5.74) is 3.08. The van der Waals surface area contributed by atoms with Crippen molar-refractivity contribution in [2.24, 2.45) is 0 Å². The monoisotopic (exact) mass is 368 g/mol. The lowest BCUT2D eigenvalue weighted by atomic mass is 10.0. The minimum absolute atomic E-state index is 0.0291. The third-order valence-electron chi connectivity index (χ3n) is 4.14. The molecule has 0 fully saturated rings. The predicted molar refractivity (Wildman–Crippen MR) is 95.3 cm³/mol. The first-order valence-electron chi connectivity index (χ1n) is 8.02. The van der Waals surface area contributed by atoms with Crippen LogP contribution in [0.2, 0.25) is 5.02 Å². The predicted octanol–water partition coefficient (Wildman–Crippen LogP) is 3.72. The third-order valence-corrected chi connectivity index (χ3v) is 4.45. The van der Waals surface area contributed by atoms with Crippen LogP contribution in [0.3, 0.4) is 0 Å². The number of nitrogens with zero attached hydrogens (tertiary/aromatic N) is 6. The number of halogens is 2. The van der Waals surface area contributed by atoms with E-state index in [4.69, 9.17) is 11.6 Å². The molecule has 0 N–H and O–H groups in total. The summed E-state index contributed by atoms with van der Waals surface area (Å²) >= 11 is 6.29. The normalized spacial score (nSPS) is 12.4. The van der Waals surface area contributed by atoms with Gasteiger partial charge in [0.05, 0.1) is 40.4 Å². The average Bonchev–Trinajstić information content (AvgIpc) is 3.08. The van der Waals surface area contributed by atoms with Crippen LogP contribution >= 0.6 is 11.6 Å². The Balaban J connectivity index is 1.67. The molecule has 0 amide bonds. The molecule has 4 aromatic rings. The quantitative estimate of drug-likeness (QED) is 0.549. The Morgan fingerprint density at radius 3 is 2.85 bits per heavy atom. The van der Waals surface area contributed by atoms with E-state index in [1.54, 1.807) is 41.6 Å². The lowest BCUT2D eigenvalue weighted by Gasteiger charge is -2.12. The Morgan fingerprint density at radius 2 is 2.04 bits per heavy atom. The van der Waals surface area contributed by atoms with Crippen molar-refractivity contribution < 1.29 is 4.39 Å². The maximum absolute atomic E-state index is 13.1. The van der Waals surface area contributed by atoms with Crippen molar-refractivity contribution in [3.8, 4) is 11.4 Å². The van der Waals surface area contributed by atoms with Gasteiger partial charge in [-0.3, -0.25) is 9.97 Å². The Kier molecular flexibility index (Phi) is 4.30. The summed E-state index contributed by atoms with van der Waals surface area (Å²) in [5.74, 6) is 0.207. The maximum atomic E-state index is 13.1. The summed E-state index contributed by atoms with van der Waals surface area (Å²) in [6.07, 6.45) is 10.2. The number of pyridine rings is 1. The molecule has 4 rings (SSSR count). The molecular weight excluding hydrogens is 355 g/mol. The number of fused-ring (bicyclic) bond motifs is 1. The summed E-state index contributed by atoms with van der Waals surface area (Å²) in [4.78, 5) is 17.2. The van der Waals surface area contributed by atoms with Gasteiger partial charge in [-0.25, -0.2) is 18.9 Å². The van der Waals surface area contributed by atoms with Crippen molar-refractivity contribution in [3.05, 3.63) is 71.5 Å². The molecule has 1 atom stereocenters. The highest BCUT2D eigenvalue weighted by molar-refractivity contribution is 6.31. The zero-order valence-electron chi connectivity index (χ0n) is 13.8. The van der Waals surface area contributed by atoms with Crippen molar-refractivity contribution in [2.45, 2.75) is 19.3 Å². The van der Waals surface area contributed by atoms with Gasteiger partial charge in [-0.15, -0.1) is 0 Å². The standard InChI is InChI=1S/C18H14ClFN6/c1-11(15-3-2-12(20)7-22-15)6-16-14(19)9-23-18(25-16)13-8-24-26-5-4-21-10-17(13)26/h2-5,7-11H,6H2,1H3/t11-/m1/s1. The molecule has 130 valence electrons. The van der Waals surface area contributed by atoms with E-state index in [1.807, 2.05) is 6.92 Å². The zero-order chi connectivity index (χ0) is 18.1. The van der Waals surface area contributed by atoms with E-state index in [0.717, 1.165) is 16.8 Å². The van der Waals surface area contributed by atoms with Gasteiger partial charge in [0.25, 0.3) is 0 Å². The Morgan fingerprint density at radius 1 is 1.15 bits per heavy atom. The van der Waals surface area contributed by atoms with Crippen LogP contribution in [0.4, 0.5) is 4.39 Å². The van der Waals surface area contributed by atoms with Gasteiger partial charge in [-0.2, -0.15) is 5.10 Å². The molecule has 0 aliphatic heterocycles. The molecule has 0 spiro atoms. The molecule has 8 heteroatoms. The second-order valence-corrected chi connectivity index (χ2v) is 6.37. The SMILES string of the molecule is C[C@H](Cc1nc(-c2cnn3ccncc23)ncc1Cl)c1ccc(F)cn1. The molecule has 0 radical (unpaired) electrons. The van der Waals surface area contributed by atoms with Gasteiger partial charge in [0.15, 0.2) is 5.82 Å². The minimum atomic E-state index is -0.356. The fourth-order valence-electron chi connectivity index (χ4n) is 2.76. The molecule has 0 aliphatic rings. The fraction of sp³-hybridized carbons (Fsp3) is 0.167. The molecule has 0 bridgehead atoms. The molecule has 0 aliphatic carbocycles. The molecule has 4 heterocycles. The first kappa shape index (κ1) is 16.5. The zero-order valence-corrected chi connectivity index (χ0v) is 14.6. The van der Waals surface area contributed by atoms with Crippen LogP contribution in [0.15, 0.2) is 49.3 Å². The summed E-state index contributed by atoms with van der Waals surface area (Å²) < 4.78 is 14.8. The molecule has 6 nitrogen and oxygen atoms in total. The van der Waals surface area contributed by atoms with E-state index in [-0.39, 0.29) is 11.7 Å². The molecular formula is C18H14ClFN6. The van der Waals surface area contributed by atoms with Crippen LogP contribution in [-0.2, 0) is 6.42 Å². The van der Waals surface area contributed by atoms with E-state index in [2.05, 4.69) is 25.0 Å². The first-order valence-corrected chi connectivity index (χ1v) is 8.40. The fourth-order valence-corrected chi connectivity index (χ4v) is 2.92. The van der Waals surface area contributed by atoms with Crippen molar-refractivity contribution in [2.75, 3.05) is 0 Å². The summed E-state index contributed by atoms with van der Waals surface area (Å²) in [6.45, 7) is 2.00. The maximum Gasteiger partial charge on any atom is 0.163 e. The average molecular weight is 369 g/mol. The van der Waals surface area contributed by atoms with E-state index >= 15 is 0 Å². The molecule has 0 unspecified atom stereocenters. The van der Waals surface area contributed by atoms with E-state index in [1.165, 1.54) is 12.3 Å². The van der Waals surface area contributed by atoms with Crippen LogP contribution in [-0.4, -0.2) is 29.5 Å². The van der Waals surface area contributed by atoms with Gasteiger partial charge in [-0.1, -0.05) is 18.5 Å². The van der Waals surface area contributed by atoms with Gasteiger partial charge in [0.2, 0.25) is 0 Å². The smallest absolute Gasteiger partial charge is 0.163 e. The van der Waals surface area contributed by atoms with Crippen molar-refractivity contribution in [1.82, 2.24) is 29.5 Å². The van der Waals surface area contributed by atoms with Gasteiger partial charge >= 0.3 is 0 Å². The topological polar surface area (TPSA) is 68.9 Å². The molecule has 4 aromatic heterocycles.